The minimum Gasteiger partial charge on any atom is -0.381 e. The van der Waals surface area contributed by atoms with Crippen LogP contribution in [0.5, 0.6) is 0 Å². The molecule has 0 N–H and O–H groups in total. The lowest BCUT2D eigenvalue weighted by molar-refractivity contribution is 0.0771. The van der Waals surface area contributed by atoms with Crippen molar-refractivity contribution in [2.75, 3.05) is 45.9 Å². The first kappa shape index (κ1) is 14.2. The Morgan fingerprint density at radius 3 is 2.73 bits per heavy atom. The fourth-order valence-electron chi connectivity index (χ4n) is 4.17. The summed E-state index contributed by atoms with van der Waals surface area (Å²) >= 11 is 0. The summed E-state index contributed by atoms with van der Waals surface area (Å²) in [6.45, 7) is 7.10. The molecule has 0 aromatic carbocycles. The van der Waals surface area contributed by atoms with Crippen molar-refractivity contribution in [3.63, 3.8) is 0 Å². The van der Waals surface area contributed by atoms with Crippen molar-refractivity contribution in [1.82, 2.24) is 14.8 Å². The number of nitrogens with zero attached hydrogens (tertiary/aromatic N) is 3. The molecule has 1 amide bonds. The van der Waals surface area contributed by atoms with Gasteiger partial charge in [-0.3, -0.25) is 9.78 Å². The largest absolute Gasteiger partial charge is 0.381 e. The van der Waals surface area contributed by atoms with Crippen LogP contribution in [0.4, 0.5) is 0 Å². The zero-order chi connectivity index (χ0) is 14.9. The van der Waals surface area contributed by atoms with Gasteiger partial charge < -0.3 is 14.5 Å². The molecular formula is C17H23N3O2. The Balaban J connectivity index is 1.32. The molecular weight excluding hydrogens is 278 g/mol. The molecule has 118 valence electrons. The second kappa shape index (κ2) is 5.97. The molecule has 3 saturated heterocycles. The summed E-state index contributed by atoms with van der Waals surface area (Å²) in [5, 5.41) is 0. The van der Waals surface area contributed by atoms with Crippen molar-refractivity contribution in [3.8, 4) is 0 Å². The van der Waals surface area contributed by atoms with Crippen LogP contribution >= 0.6 is 0 Å². The topological polar surface area (TPSA) is 45.7 Å². The Hall–Kier alpha value is -1.46. The highest BCUT2D eigenvalue weighted by Crippen LogP contribution is 2.32. The van der Waals surface area contributed by atoms with Crippen molar-refractivity contribution < 1.29 is 9.53 Å². The van der Waals surface area contributed by atoms with Gasteiger partial charge in [-0.25, -0.2) is 0 Å². The van der Waals surface area contributed by atoms with E-state index in [4.69, 9.17) is 4.74 Å². The van der Waals surface area contributed by atoms with E-state index in [1.807, 2.05) is 17.0 Å². The molecule has 4 heterocycles. The highest BCUT2D eigenvalue weighted by molar-refractivity contribution is 5.94. The van der Waals surface area contributed by atoms with E-state index < -0.39 is 0 Å². The molecule has 0 aliphatic carbocycles. The number of aromatic nitrogens is 1. The van der Waals surface area contributed by atoms with E-state index in [0.717, 1.165) is 39.4 Å². The minimum atomic E-state index is 0.137. The number of ether oxygens (including phenoxy) is 1. The van der Waals surface area contributed by atoms with Crippen molar-refractivity contribution >= 4 is 5.91 Å². The summed E-state index contributed by atoms with van der Waals surface area (Å²) in [5.41, 5.74) is 0.711. The first-order chi connectivity index (χ1) is 10.8. The Kier molecular flexibility index (Phi) is 3.84. The van der Waals surface area contributed by atoms with Crippen LogP contribution in [0.3, 0.4) is 0 Å². The molecule has 0 saturated carbocycles. The van der Waals surface area contributed by atoms with Gasteiger partial charge in [-0.1, -0.05) is 0 Å². The predicted octanol–water partition coefficient (Wildman–Crippen LogP) is 1.12. The van der Waals surface area contributed by atoms with Crippen LogP contribution in [0, 0.1) is 17.8 Å². The number of likely N-dealkylation sites (tertiary alicyclic amines) is 2. The van der Waals surface area contributed by atoms with Crippen LogP contribution in [-0.2, 0) is 4.74 Å². The second-order valence-electron chi connectivity index (χ2n) is 6.92. The Morgan fingerprint density at radius 2 is 2.09 bits per heavy atom. The summed E-state index contributed by atoms with van der Waals surface area (Å²) in [7, 11) is 0. The second-order valence-corrected chi connectivity index (χ2v) is 6.92. The first-order valence-corrected chi connectivity index (χ1v) is 8.29. The molecule has 3 fully saturated rings. The number of hydrogen-bond acceptors (Lipinski definition) is 4. The third-order valence-electron chi connectivity index (χ3n) is 5.30. The first-order valence-electron chi connectivity index (χ1n) is 8.29. The van der Waals surface area contributed by atoms with Crippen LogP contribution in [0.2, 0.25) is 0 Å². The lowest BCUT2D eigenvalue weighted by Gasteiger charge is -2.23. The van der Waals surface area contributed by atoms with Crippen LogP contribution in [-0.4, -0.2) is 66.6 Å². The van der Waals surface area contributed by atoms with Gasteiger partial charge in [-0.2, -0.15) is 0 Å². The van der Waals surface area contributed by atoms with Gasteiger partial charge in [0, 0.05) is 51.7 Å². The van der Waals surface area contributed by atoms with Gasteiger partial charge in [-0.05, 0) is 36.3 Å². The van der Waals surface area contributed by atoms with Gasteiger partial charge >= 0.3 is 0 Å². The van der Waals surface area contributed by atoms with Gasteiger partial charge in [0.15, 0.2) is 0 Å². The monoisotopic (exact) mass is 301 g/mol. The van der Waals surface area contributed by atoms with Gasteiger partial charge in [0.1, 0.15) is 0 Å². The van der Waals surface area contributed by atoms with Crippen LogP contribution in [0.15, 0.2) is 24.5 Å². The summed E-state index contributed by atoms with van der Waals surface area (Å²) in [6, 6.07) is 3.69. The lowest BCUT2D eigenvalue weighted by atomic mass is 10.0. The molecule has 3 aliphatic heterocycles. The molecule has 3 aliphatic rings. The molecule has 3 atom stereocenters. The van der Waals surface area contributed by atoms with E-state index in [1.165, 1.54) is 13.0 Å². The van der Waals surface area contributed by atoms with Gasteiger partial charge in [0.05, 0.1) is 12.2 Å². The molecule has 5 heteroatoms. The third kappa shape index (κ3) is 2.75. The molecule has 1 aromatic rings. The van der Waals surface area contributed by atoms with Crippen LogP contribution in [0.25, 0.3) is 0 Å². The molecule has 1 unspecified atom stereocenters. The Labute approximate surface area is 131 Å². The zero-order valence-electron chi connectivity index (χ0n) is 12.9. The number of carbonyl (C=O) groups excluding carboxylic acids is 1. The van der Waals surface area contributed by atoms with Crippen molar-refractivity contribution in [2.45, 2.75) is 6.42 Å². The molecule has 1 aromatic heterocycles. The maximum atomic E-state index is 12.5. The molecule has 0 bridgehead atoms. The molecule has 22 heavy (non-hydrogen) atoms. The normalized spacial score (nSPS) is 31.6. The van der Waals surface area contributed by atoms with Crippen molar-refractivity contribution in [2.24, 2.45) is 17.8 Å². The average molecular weight is 301 g/mol. The maximum absolute atomic E-state index is 12.5. The summed E-state index contributed by atoms with van der Waals surface area (Å²) in [4.78, 5) is 21.1. The summed E-state index contributed by atoms with van der Waals surface area (Å²) in [5.74, 6) is 2.14. The molecule has 5 nitrogen and oxygen atoms in total. The fraction of sp³-hybridized carbons (Fsp3) is 0.647. The van der Waals surface area contributed by atoms with Gasteiger partial charge in [0.25, 0.3) is 5.91 Å². The van der Waals surface area contributed by atoms with E-state index >= 15 is 0 Å². The van der Waals surface area contributed by atoms with E-state index in [1.54, 1.807) is 12.4 Å². The Morgan fingerprint density at radius 1 is 1.27 bits per heavy atom. The molecule has 0 spiro atoms. The number of carbonyl (C=O) groups is 1. The Bertz CT molecular complexity index is 516. The maximum Gasteiger partial charge on any atom is 0.255 e. The highest BCUT2D eigenvalue weighted by atomic mass is 16.5. The van der Waals surface area contributed by atoms with Gasteiger partial charge in [-0.15, -0.1) is 0 Å². The SMILES string of the molecule is O=C(c1cccnc1)N1C[C@H]2CN(CC3CCOC3)C[C@H]2C1. The highest BCUT2D eigenvalue weighted by Gasteiger charge is 2.42. The quantitative estimate of drug-likeness (QED) is 0.839. The predicted molar refractivity (Wildman–Crippen MR) is 82.5 cm³/mol. The van der Waals surface area contributed by atoms with E-state index in [2.05, 4.69) is 9.88 Å². The lowest BCUT2D eigenvalue weighted by Crippen LogP contribution is -2.35. The van der Waals surface area contributed by atoms with Crippen molar-refractivity contribution in [3.05, 3.63) is 30.1 Å². The van der Waals surface area contributed by atoms with E-state index in [0.29, 0.717) is 23.3 Å². The molecule has 4 rings (SSSR count). The smallest absolute Gasteiger partial charge is 0.255 e. The average Bonchev–Trinajstić information content (AvgIpc) is 3.24. The summed E-state index contributed by atoms with van der Waals surface area (Å²) in [6.07, 6.45) is 4.58. The van der Waals surface area contributed by atoms with Crippen molar-refractivity contribution in [1.29, 1.82) is 0 Å². The number of pyridine rings is 1. The summed E-state index contributed by atoms with van der Waals surface area (Å²) < 4.78 is 5.47. The number of fused-ring (bicyclic) bond motifs is 1. The van der Waals surface area contributed by atoms with E-state index in [9.17, 15) is 4.79 Å². The van der Waals surface area contributed by atoms with Crippen LogP contribution in [0.1, 0.15) is 16.8 Å². The zero-order valence-corrected chi connectivity index (χ0v) is 12.9. The third-order valence-corrected chi connectivity index (χ3v) is 5.30. The number of rotatable bonds is 3. The number of amides is 1. The minimum absolute atomic E-state index is 0.137. The standard InChI is InChI=1S/C17H23N3O2/c21-17(14-2-1-4-18-6-14)20-10-15-8-19(9-16(15)11-20)7-13-3-5-22-12-13/h1-2,4,6,13,15-16H,3,5,7-12H2/t13?,15-,16+. The fourth-order valence-corrected chi connectivity index (χ4v) is 4.17. The van der Waals surface area contributed by atoms with E-state index in [-0.39, 0.29) is 5.91 Å². The van der Waals surface area contributed by atoms with Gasteiger partial charge in [0.2, 0.25) is 0 Å². The van der Waals surface area contributed by atoms with Crippen LogP contribution < -0.4 is 0 Å². The number of hydrogen-bond donors (Lipinski definition) is 0. The molecule has 0 radical (unpaired) electrons.